The first-order chi connectivity index (χ1) is 13.0. The van der Waals surface area contributed by atoms with Gasteiger partial charge in [0.2, 0.25) is 10.0 Å². The van der Waals surface area contributed by atoms with Gasteiger partial charge in [0, 0.05) is 19.3 Å². The number of methoxy groups -OCH3 is 1. The van der Waals surface area contributed by atoms with E-state index in [1.54, 1.807) is 29.3 Å². The molecule has 1 saturated heterocycles. The predicted molar refractivity (Wildman–Crippen MR) is 98.0 cm³/mol. The quantitative estimate of drug-likeness (QED) is 0.790. The van der Waals surface area contributed by atoms with Gasteiger partial charge >= 0.3 is 0 Å². The first-order valence-electron chi connectivity index (χ1n) is 8.46. The number of hydrogen-bond donors (Lipinski definition) is 1. The van der Waals surface area contributed by atoms with E-state index in [0.29, 0.717) is 37.7 Å². The molecule has 0 spiro atoms. The second kappa shape index (κ2) is 8.47. The Labute approximate surface area is 158 Å². The van der Waals surface area contributed by atoms with E-state index in [-0.39, 0.29) is 22.9 Å². The molecule has 1 aromatic heterocycles. The summed E-state index contributed by atoms with van der Waals surface area (Å²) in [6, 6.07) is 9.51. The molecule has 0 bridgehead atoms. The third-order valence-electron chi connectivity index (χ3n) is 4.18. The van der Waals surface area contributed by atoms with Crippen LogP contribution in [0.3, 0.4) is 0 Å². The van der Waals surface area contributed by atoms with Gasteiger partial charge in [0.25, 0.3) is 5.91 Å². The molecule has 3 rings (SSSR count). The first-order valence-corrected chi connectivity index (χ1v) is 9.94. The summed E-state index contributed by atoms with van der Waals surface area (Å²) in [5.41, 5.74) is 0.805. The number of carbonyl (C=O) groups excluding carboxylic acids is 1. The molecule has 0 aliphatic carbocycles. The van der Waals surface area contributed by atoms with Crippen molar-refractivity contribution >= 4 is 15.9 Å². The predicted octanol–water partition coefficient (Wildman–Crippen LogP) is 1.04. The average Bonchev–Trinajstić information content (AvgIpc) is 2.72. The van der Waals surface area contributed by atoms with Gasteiger partial charge in [-0.05, 0) is 30.3 Å². The summed E-state index contributed by atoms with van der Waals surface area (Å²) < 4.78 is 38.3. The van der Waals surface area contributed by atoms with Crippen molar-refractivity contribution in [2.45, 2.75) is 11.4 Å². The van der Waals surface area contributed by atoms with Crippen LogP contribution < -0.4 is 9.46 Å². The lowest BCUT2D eigenvalue weighted by atomic mass is 10.1. The molecule has 2 heterocycles. The number of rotatable bonds is 6. The minimum Gasteiger partial charge on any atom is -0.496 e. The van der Waals surface area contributed by atoms with Crippen LogP contribution in [0.25, 0.3) is 0 Å². The molecule has 0 atom stereocenters. The zero-order chi connectivity index (χ0) is 19.3. The van der Waals surface area contributed by atoms with Crippen LogP contribution in [-0.2, 0) is 21.3 Å². The van der Waals surface area contributed by atoms with Gasteiger partial charge in [0.05, 0.1) is 43.0 Å². The molecule has 0 unspecified atom stereocenters. The lowest BCUT2D eigenvalue weighted by Crippen LogP contribution is -2.40. The highest BCUT2D eigenvalue weighted by molar-refractivity contribution is 7.89. The highest BCUT2D eigenvalue weighted by Gasteiger charge is 2.24. The van der Waals surface area contributed by atoms with Crippen molar-refractivity contribution in [2.24, 2.45) is 0 Å². The fourth-order valence-corrected chi connectivity index (χ4v) is 3.74. The highest BCUT2D eigenvalue weighted by Crippen LogP contribution is 2.24. The Morgan fingerprint density at radius 3 is 2.70 bits per heavy atom. The number of amides is 1. The summed E-state index contributed by atoms with van der Waals surface area (Å²) in [5, 5.41) is 0. The van der Waals surface area contributed by atoms with Crippen LogP contribution in [0.4, 0.5) is 0 Å². The van der Waals surface area contributed by atoms with Gasteiger partial charge < -0.3 is 14.4 Å². The monoisotopic (exact) mass is 391 g/mol. The van der Waals surface area contributed by atoms with Crippen LogP contribution in [-0.4, -0.2) is 57.6 Å². The number of pyridine rings is 1. The van der Waals surface area contributed by atoms with Gasteiger partial charge in [-0.25, -0.2) is 13.1 Å². The molecule has 1 aromatic carbocycles. The van der Waals surface area contributed by atoms with Gasteiger partial charge in [-0.1, -0.05) is 6.07 Å². The van der Waals surface area contributed by atoms with Crippen LogP contribution in [0, 0.1) is 0 Å². The Bertz CT molecular complexity index is 896. The van der Waals surface area contributed by atoms with E-state index < -0.39 is 10.0 Å². The topological polar surface area (TPSA) is 97.8 Å². The number of sulfonamides is 1. The molecule has 8 nitrogen and oxygen atoms in total. The number of morpholine rings is 1. The molecule has 2 aromatic rings. The molecule has 1 N–H and O–H groups in total. The molecule has 1 aliphatic rings. The number of nitrogens with zero attached hydrogens (tertiary/aromatic N) is 2. The van der Waals surface area contributed by atoms with Crippen LogP contribution in [0.1, 0.15) is 16.1 Å². The van der Waals surface area contributed by atoms with Gasteiger partial charge in [-0.2, -0.15) is 0 Å². The maximum Gasteiger partial charge on any atom is 0.257 e. The third-order valence-corrected chi connectivity index (χ3v) is 5.58. The van der Waals surface area contributed by atoms with Crippen molar-refractivity contribution in [1.82, 2.24) is 14.6 Å². The molecular weight excluding hydrogens is 370 g/mol. The normalized spacial score (nSPS) is 14.8. The lowest BCUT2D eigenvalue weighted by Gasteiger charge is -2.27. The lowest BCUT2D eigenvalue weighted by molar-refractivity contribution is 0.0300. The summed E-state index contributed by atoms with van der Waals surface area (Å²) in [5.74, 6) is 0.0482. The molecule has 0 radical (unpaired) electrons. The van der Waals surface area contributed by atoms with Crippen LogP contribution in [0.2, 0.25) is 0 Å². The Kier molecular flexibility index (Phi) is 6.04. The summed E-state index contributed by atoms with van der Waals surface area (Å²) in [4.78, 5) is 18.5. The van der Waals surface area contributed by atoms with Crippen molar-refractivity contribution in [3.63, 3.8) is 0 Å². The summed E-state index contributed by atoms with van der Waals surface area (Å²) >= 11 is 0. The Hall–Kier alpha value is -2.49. The van der Waals surface area contributed by atoms with Crippen molar-refractivity contribution in [1.29, 1.82) is 0 Å². The van der Waals surface area contributed by atoms with Crippen molar-refractivity contribution < 1.29 is 22.7 Å². The van der Waals surface area contributed by atoms with Gasteiger partial charge in [0.1, 0.15) is 5.75 Å². The molecular formula is C18H21N3O5S. The fraction of sp³-hybridized carbons (Fsp3) is 0.333. The SMILES string of the molecule is COc1ccc(S(=O)(=O)NCc2ccccn2)cc1C(=O)N1CCOCC1. The van der Waals surface area contributed by atoms with E-state index in [9.17, 15) is 13.2 Å². The first kappa shape index (κ1) is 19.3. The number of ether oxygens (including phenoxy) is 2. The van der Waals surface area contributed by atoms with E-state index in [4.69, 9.17) is 9.47 Å². The maximum atomic E-state index is 12.8. The maximum absolute atomic E-state index is 12.8. The number of benzene rings is 1. The van der Waals surface area contributed by atoms with Gasteiger partial charge in [-0.3, -0.25) is 9.78 Å². The molecule has 1 amide bonds. The van der Waals surface area contributed by atoms with Crippen LogP contribution in [0.15, 0.2) is 47.5 Å². The van der Waals surface area contributed by atoms with Crippen molar-refractivity contribution in [2.75, 3.05) is 33.4 Å². The summed E-state index contributed by atoms with van der Waals surface area (Å²) in [6.45, 7) is 1.88. The zero-order valence-electron chi connectivity index (χ0n) is 14.9. The average molecular weight is 391 g/mol. The number of nitrogens with one attached hydrogen (secondary N) is 1. The Morgan fingerprint density at radius 1 is 1.26 bits per heavy atom. The van der Waals surface area contributed by atoms with E-state index in [1.165, 1.54) is 25.3 Å². The number of hydrogen-bond acceptors (Lipinski definition) is 6. The molecule has 0 saturated carbocycles. The molecule has 27 heavy (non-hydrogen) atoms. The van der Waals surface area contributed by atoms with Crippen LogP contribution >= 0.6 is 0 Å². The minimum atomic E-state index is -3.81. The number of aromatic nitrogens is 1. The van der Waals surface area contributed by atoms with Crippen LogP contribution in [0.5, 0.6) is 5.75 Å². The third kappa shape index (κ3) is 4.62. The molecule has 144 valence electrons. The Morgan fingerprint density at radius 2 is 2.04 bits per heavy atom. The van der Waals surface area contributed by atoms with E-state index in [1.807, 2.05) is 0 Å². The highest BCUT2D eigenvalue weighted by atomic mass is 32.2. The van der Waals surface area contributed by atoms with E-state index in [0.717, 1.165) is 0 Å². The molecule has 1 fully saturated rings. The van der Waals surface area contributed by atoms with Gasteiger partial charge in [0.15, 0.2) is 0 Å². The fourth-order valence-electron chi connectivity index (χ4n) is 2.71. The zero-order valence-corrected chi connectivity index (χ0v) is 15.7. The standard InChI is InChI=1S/C18H21N3O5S/c1-25-17-6-5-15(12-16(17)18(22)21-8-10-26-11-9-21)27(23,24)20-13-14-4-2-3-7-19-14/h2-7,12,20H,8-11,13H2,1H3. The largest absolute Gasteiger partial charge is 0.496 e. The summed E-state index contributed by atoms with van der Waals surface area (Å²) in [7, 11) is -2.37. The minimum absolute atomic E-state index is 0.00385. The molecule has 9 heteroatoms. The Balaban J connectivity index is 1.84. The van der Waals surface area contributed by atoms with Crippen molar-refractivity contribution in [3.8, 4) is 5.75 Å². The smallest absolute Gasteiger partial charge is 0.257 e. The van der Waals surface area contributed by atoms with E-state index in [2.05, 4.69) is 9.71 Å². The van der Waals surface area contributed by atoms with Gasteiger partial charge in [-0.15, -0.1) is 0 Å². The second-order valence-electron chi connectivity index (χ2n) is 5.91. The number of carbonyl (C=O) groups is 1. The van der Waals surface area contributed by atoms with Crippen molar-refractivity contribution in [3.05, 3.63) is 53.9 Å². The van der Waals surface area contributed by atoms with E-state index >= 15 is 0 Å². The second-order valence-corrected chi connectivity index (χ2v) is 7.68. The summed E-state index contributed by atoms with van der Waals surface area (Å²) in [6.07, 6.45) is 1.59. The molecule has 1 aliphatic heterocycles.